The van der Waals surface area contributed by atoms with Gasteiger partial charge in [-0.05, 0) is 13.0 Å². The molecule has 0 N–H and O–H groups in total. The second kappa shape index (κ2) is 1.81. The molecule has 1 unspecified atom stereocenters. The highest BCUT2D eigenvalue weighted by molar-refractivity contribution is 5.13. The third kappa shape index (κ3) is 0.735. The first-order chi connectivity index (χ1) is 4.75. The SMILES string of the molecule is Cc1cc2n(n1)CC(F)C2. The van der Waals surface area contributed by atoms with Gasteiger partial charge in [0.2, 0.25) is 0 Å². The zero-order valence-electron chi connectivity index (χ0n) is 5.84. The van der Waals surface area contributed by atoms with Gasteiger partial charge >= 0.3 is 0 Å². The fourth-order valence-electron chi connectivity index (χ4n) is 1.40. The minimum atomic E-state index is -0.705. The van der Waals surface area contributed by atoms with Gasteiger partial charge in [0.15, 0.2) is 0 Å². The number of rotatable bonds is 0. The van der Waals surface area contributed by atoms with Gasteiger partial charge in [0.1, 0.15) is 6.17 Å². The number of halogens is 1. The molecule has 0 saturated carbocycles. The normalized spacial score (nSPS) is 23.2. The zero-order valence-corrected chi connectivity index (χ0v) is 5.84. The van der Waals surface area contributed by atoms with Crippen molar-refractivity contribution in [2.24, 2.45) is 0 Å². The van der Waals surface area contributed by atoms with Crippen molar-refractivity contribution in [3.63, 3.8) is 0 Å². The van der Waals surface area contributed by atoms with Crippen LogP contribution in [0.1, 0.15) is 11.4 Å². The Morgan fingerprint density at radius 2 is 2.60 bits per heavy atom. The number of alkyl halides is 1. The second-order valence-electron chi connectivity index (χ2n) is 2.76. The van der Waals surface area contributed by atoms with Gasteiger partial charge in [-0.3, -0.25) is 4.68 Å². The van der Waals surface area contributed by atoms with Crippen LogP contribution in [0.15, 0.2) is 6.07 Å². The van der Waals surface area contributed by atoms with Gasteiger partial charge in [0, 0.05) is 12.1 Å². The minimum absolute atomic E-state index is 0.448. The fourth-order valence-corrected chi connectivity index (χ4v) is 1.40. The van der Waals surface area contributed by atoms with Crippen LogP contribution in [-0.4, -0.2) is 16.0 Å². The van der Waals surface area contributed by atoms with Crippen LogP contribution in [0.25, 0.3) is 0 Å². The number of aryl methyl sites for hydroxylation is 1. The van der Waals surface area contributed by atoms with E-state index >= 15 is 0 Å². The second-order valence-corrected chi connectivity index (χ2v) is 2.76. The van der Waals surface area contributed by atoms with Crippen LogP contribution in [0.3, 0.4) is 0 Å². The lowest BCUT2D eigenvalue weighted by Gasteiger charge is -1.92. The molecule has 0 aromatic carbocycles. The maximum atomic E-state index is 12.6. The molecule has 1 aromatic heterocycles. The Balaban J connectivity index is 2.39. The summed E-state index contributed by atoms with van der Waals surface area (Å²) in [5.74, 6) is 0. The predicted molar refractivity (Wildman–Crippen MR) is 35.6 cm³/mol. The van der Waals surface area contributed by atoms with Crippen LogP contribution in [0.5, 0.6) is 0 Å². The molecule has 2 heterocycles. The summed E-state index contributed by atoms with van der Waals surface area (Å²) in [5.41, 5.74) is 2.02. The highest BCUT2D eigenvalue weighted by Crippen LogP contribution is 2.17. The largest absolute Gasteiger partial charge is 0.266 e. The van der Waals surface area contributed by atoms with E-state index in [2.05, 4.69) is 5.10 Å². The van der Waals surface area contributed by atoms with E-state index in [4.69, 9.17) is 0 Å². The highest BCUT2D eigenvalue weighted by Gasteiger charge is 2.21. The first-order valence-corrected chi connectivity index (χ1v) is 3.43. The van der Waals surface area contributed by atoms with Gasteiger partial charge in [-0.2, -0.15) is 5.10 Å². The fraction of sp³-hybridized carbons (Fsp3) is 0.571. The maximum absolute atomic E-state index is 12.6. The summed E-state index contributed by atoms with van der Waals surface area (Å²) >= 11 is 0. The van der Waals surface area contributed by atoms with Crippen molar-refractivity contribution >= 4 is 0 Å². The van der Waals surface area contributed by atoms with Crippen molar-refractivity contribution in [2.45, 2.75) is 26.1 Å². The van der Waals surface area contributed by atoms with Crippen molar-refractivity contribution in [2.75, 3.05) is 0 Å². The van der Waals surface area contributed by atoms with Gasteiger partial charge < -0.3 is 0 Å². The third-order valence-corrected chi connectivity index (χ3v) is 1.79. The van der Waals surface area contributed by atoms with E-state index in [1.807, 2.05) is 13.0 Å². The number of nitrogens with zero attached hydrogens (tertiary/aromatic N) is 2. The lowest BCUT2D eigenvalue weighted by molar-refractivity contribution is 0.322. The van der Waals surface area contributed by atoms with Gasteiger partial charge in [-0.25, -0.2) is 4.39 Å². The van der Waals surface area contributed by atoms with E-state index in [-0.39, 0.29) is 0 Å². The van der Waals surface area contributed by atoms with Gasteiger partial charge in [-0.15, -0.1) is 0 Å². The average Bonchev–Trinajstić information content (AvgIpc) is 2.21. The van der Waals surface area contributed by atoms with Gasteiger partial charge in [0.05, 0.1) is 12.2 Å². The summed E-state index contributed by atoms with van der Waals surface area (Å²) in [5, 5.41) is 4.12. The molecule has 0 aliphatic carbocycles. The highest BCUT2D eigenvalue weighted by atomic mass is 19.1. The smallest absolute Gasteiger partial charge is 0.125 e. The molecule has 0 radical (unpaired) electrons. The number of aromatic nitrogens is 2. The lowest BCUT2D eigenvalue weighted by Crippen LogP contribution is -2.02. The van der Waals surface area contributed by atoms with E-state index in [1.54, 1.807) is 4.68 Å². The Labute approximate surface area is 58.7 Å². The molecular weight excluding hydrogens is 131 g/mol. The maximum Gasteiger partial charge on any atom is 0.125 e. The first-order valence-electron chi connectivity index (χ1n) is 3.43. The molecule has 0 saturated heterocycles. The molecule has 2 rings (SSSR count). The molecule has 2 nitrogen and oxygen atoms in total. The lowest BCUT2D eigenvalue weighted by atomic mass is 10.2. The summed E-state index contributed by atoms with van der Waals surface area (Å²) < 4.78 is 14.4. The number of fused-ring (bicyclic) bond motifs is 1. The Morgan fingerprint density at radius 3 is 3.30 bits per heavy atom. The molecular formula is C7H9FN2. The van der Waals surface area contributed by atoms with Crippen LogP contribution >= 0.6 is 0 Å². The topological polar surface area (TPSA) is 17.8 Å². The molecule has 1 aromatic rings. The average molecular weight is 140 g/mol. The van der Waals surface area contributed by atoms with E-state index in [0.29, 0.717) is 13.0 Å². The predicted octanol–water partition coefficient (Wildman–Crippen LogP) is 1.09. The Morgan fingerprint density at radius 1 is 1.80 bits per heavy atom. The molecule has 0 bridgehead atoms. The zero-order chi connectivity index (χ0) is 7.14. The molecule has 0 spiro atoms. The van der Waals surface area contributed by atoms with E-state index < -0.39 is 6.17 Å². The van der Waals surface area contributed by atoms with Crippen molar-refractivity contribution in [1.29, 1.82) is 0 Å². The Kier molecular flexibility index (Phi) is 1.07. The first kappa shape index (κ1) is 5.89. The standard InChI is InChI=1S/C7H9FN2/c1-5-2-7-3-6(8)4-10(7)9-5/h2,6H,3-4H2,1H3. The third-order valence-electron chi connectivity index (χ3n) is 1.79. The van der Waals surface area contributed by atoms with Crippen molar-refractivity contribution in [3.05, 3.63) is 17.5 Å². The summed E-state index contributed by atoms with van der Waals surface area (Å²) in [6.45, 7) is 2.38. The monoisotopic (exact) mass is 140 g/mol. The molecule has 1 aliphatic heterocycles. The van der Waals surface area contributed by atoms with Crippen molar-refractivity contribution in [1.82, 2.24) is 9.78 Å². The van der Waals surface area contributed by atoms with Crippen LogP contribution in [0, 0.1) is 6.92 Å². The van der Waals surface area contributed by atoms with E-state index in [0.717, 1.165) is 11.4 Å². The molecule has 0 fully saturated rings. The van der Waals surface area contributed by atoms with Gasteiger partial charge in [0.25, 0.3) is 0 Å². The quantitative estimate of drug-likeness (QED) is 0.527. The van der Waals surface area contributed by atoms with Crippen LogP contribution < -0.4 is 0 Å². The molecule has 0 amide bonds. The van der Waals surface area contributed by atoms with Crippen LogP contribution in [0.2, 0.25) is 0 Å². The van der Waals surface area contributed by atoms with Crippen LogP contribution in [-0.2, 0) is 13.0 Å². The minimum Gasteiger partial charge on any atom is -0.266 e. The number of hydrogen-bond donors (Lipinski definition) is 0. The van der Waals surface area contributed by atoms with E-state index in [9.17, 15) is 4.39 Å². The molecule has 1 aliphatic rings. The number of hydrogen-bond acceptors (Lipinski definition) is 1. The summed E-state index contributed by atoms with van der Waals surface area (Å²) in [6, 6.07) is 1.94. The van der Waals surface area contributed by atoms with Gasteiger partial charge in [-0.1, -0.05) is 0 Å². The van der Waals surface area contributed by atoms with Crippen LogP contribution in [0.4, 0.5) is 4.39 Å². The summed E-state index contributed by atoms with van der Waals surface area (Å²) in [7, 11) is 0. The van der Waals surface area contributed by atoms with Crippen molar-refractivity contribution < 1.29 is 4.39 Å². The molecule has 3 heteroatoms. The summed E-state index contributed by atoms with van der Waals surface area (Å²) in [6.07, 6.45) is -0.163. The molecule has 54 valence electrons. The molecule has 1 atom stereocenters. The molecule has 10 heavy (non-hydrogen) atoms. The Hall–Kier alpha value is -0.860. The Bertz CT molecular complexity index is 231. The summed E-state index contributed by atoms with van der Waals surface area (Å²) in [4.78, 5) is 0. The van der Waals surface area contributed by atoms with Crippen molar-refractivity contribution in [3.8, 4) is 0 Å². The van der Waals surface area contributed by atoms with E-state index in [1.165, 1.54) is 0 Å².